The molecule has 0 unspecified atom stereocenters. The molecular formula is C17H24N2O3. The lowest BCUT2D eigenvalue weighted by atomic mass is 9.95. The highest BCUT2D eigenvalue weighted by atomic mass is 16.6. The number of nitrogens with zero attached hydrogens (tertiary/aromatic N) is 2. The van der Waals surface area contributed by atoms with Crippen molar-refractivity contribution in [1.29, 1.82) is 0 Å². The number of carbonyl (C=O) groups excluding carboxylic acids is 1. The van der Waals surface area contributed by atoms with E-state index in [2.05, 4.69) is 0 Å². The maximum atomic E-state index is 12.7. The summed E-state index contributed by atoms with van der Waals surface area (Å²) in [7, 11) is 1.83. The van der Waals surface area contributed by atoms with Crippen LogP contribution in [0.1, 0.15) is 60.9 Å². The number of non-ortho nitro benzene ring substituents is 1. The first-order chi connectivity index (χ1) is 10.5. The van der Waals surface area contributed by atoms with Crippen LogP contribution in [0.5, 0.6) is 0 Å². The monoisotopic (exact) mass is 304 g/mol. The SMILES string of the molecule is Cc1ccc([N+](=O)[O-])cc1C(=O)N(C)C1CCCCCCC1. The molecule has 0 radical (unpaired) electrons. The molecule has 1 aromatic rings. The minimum atomic E-state index is -0.452. The van der Waals surface area contributed by atoms with Gasteiger partial charge in [-0.2, -0.15) is 0 Å². The summed E-state index contributed by atoms with van der Waals surface area (Å²) in [4.78, 5) is 25.0. The molecule has 0 aliphatic heterocycles. The lowest BCUT2D eigenvalue weighted by molar-refractivity contribution is -0.384. The third kappa shape index (κ3) is 3.84. The van der Waals surface area contributed by atoms with Crippen molar-refractivity contribution in [3.63, 3.8) is 0 Å². The number of hydrogen-bond acceptors (Lipinski definition) is 3. The van der Waals surface area contributed by atoms with Gasteiger partial charge in [0.05, 0.1) is 4.92 Å². The molecule has 0 spiro atoms. The van der Waals surface area contributed by atoms with Crippen molar-refractivity contribution in [2.24, 2.45) is 0 Å². The molecule has 1 aliphatic rings. The van der Waals surface area contributed by atoms with E-state index in [0.29, 0.717) is 5.56 Å². The number of aryl methyl sites for hydroxylation is 1. The Morgan fingerprint density at radius 1 is 1.18 bits per heavy atom. The summed E-state index contributed by atoms with van der Waals surface area (Å²) < 4.78 is 0. The van der Waals surface area contributed by atoms with Gasteiger partial charge in [0, 0.05) is 30.8 Å². The number of nitro benzene ring substituents is 1. The molecule has 1 aromatic carbocycles. The summed E-state index contributed by atoms with van der Waals surface area (Å²) in [6, 6.07) is 4.74. The van der Waals surface area contributed by atoms with Crippen molar-refractivity contribution in [3.05, 3.63) is 39.4 Å². The van der Waals surface area contributed by atoms with Crippen molar-refractivity contribution in [2.45, 2.75) is 57.9 Å². The molecule has 0 N–H and O–H groups in total. The minimum Gasteiger partial charge on any atom is -0.339 e. The summed E-state index contributed by atoms with van der Waals surface area (Å²) in [6.45, 7) is 1.82. The molecular weight excluding hydrogens is 280 g/mol. The van der Waals surface area contributed by atoms with E-state index in [1.807, 2.05) is 14.0 Å². The van der Waals surface area contributed by atoms with Gasteiger partial charge in [-0.15, -0.1) is 0 Å². The lowest BCUT2D eigenvalue weighted by Crippen LogP contribution is -2.37. The Labute approximate surface area is 131 Å². The number of amides is 1. The third-order valence-corrected chi connectivity index (χ3v) is 4.61. The highest BCUT2D eigenvalue weighted by Crippen LogP contribution is 2.24. The first-order valence-corrected chi connectivity index (χ1v) is 8.03. The van der Waals surface area contributed by atoms with Crippen LogP contribution in [0.25, 0.3) is 0 Å². The molecule has 0 aromatic heterocycles. The van der Waals surface area contributed by atoms with Crippen LogP contribution >= 0.6 is 0 Å². The number of hydrogen-bond donors (Lipinski definition) is 0. The Morgan fingerprint density at radius 2 is 1.77 bits per heavy atom. The number of carbonyl (C=O) groups is 1. The Kier molecular flexibility index (Phi) is 5.52. The number of rotatable bonds is 3. The zero-order valence-corrected chi connectivity index (χ0v) is 13.4. The van der Waals surface area contributed by atoms with Crippen molar-refractivity contribution in [3.8, 4) is 0 Å². The summed E-state index contributed by atoms with van der Waals surface area (Å²) in [5, 5.41) is 10.9. The normalized spacial score (nSPS) is 16.6. The van der Waals surface area contributed by atoms with E-state index in [0.717, 1.165) is 31.2 Å². The van der Waals surface area contributed by atoms with Gasteiger partial charge in [-0.3, -0.25) is 14.9 Å². The van der Waals surface area contributed by atoms with Crippen molar-refractivity contribution >= 4 is 11.6 Å². The van der Waals surface area contributed by atoms with Gasteiger partial charge in [0.2, 0.25) is 0 Å². The van der Waals surface area contributed by atoms with E-state index in [9.17, 15) is 14.9 Å². The summed E-state index contributed by atoms with van der Waals surface area (Å²) in [5.41, 5.74) is 1.20. The molecule has 5 nitrogen and oxygen atoms in total. The van der Waals surface area contributed by atoms with E-state index >= 15 is 0 Å². The molecule has 1 saturated carbocycles. The van der Waals surface area contributed by atoms with Crippen LogP contribution in [0.3, 0.4) is 0 Å². The second-order valence-electron chi connectivity index (χ2n) is 6.17. The van der Waals surface area contributed by atoms with Crippen LogP contribution in [-0.4, -0.2) is 28.8 Å². The van der Waals surface area contributed by atoms with Crippen LogP contribution in [0.15, 0.2) is 18.2 Å². The maximum absolute atomic E-state index is 12.7. The molecule has 1 amide bonds. The average Bonchev–Trinajstić information content (AvgIpc) is 2.46. The zero-order valence-electron chi connectivity index (χ0n) is 13.4. The van der Waals surface area contributed by atoms with Gasteiger partial charge < -0.3 is 4.90 Å². The molecule has 0 saturated heterocycles. The Bertz CT molecular complexity index is 549. The molecule has 0 atom stereocenters. The third-order valence-electron chi connectivity index (χ3n) is 4.61. The predicted octanol–water partition coefficient (Wildman–Crippen LogP) is 4.09. The fourth-order valence-corrected chi connectivity index (χ4v) is 3.13. The van der Waals surface area contributed by atoms with Crippen LogP contribution in [0.2, 0.25) is 0 Å². The average molecular weight is 304 g/mol. The molecule has 2 rings (SSSR count). The fourth-order valence-electron chi connectivity index (χ4n) is 3.13. The second kappa shape index (κ2) is 7.38. The quantitative estimate of drug-likeness (QED) is 0.624. The van der Waals surface area contributed by atoms with Gasteiger partial charge in [0.15, 0.2) is 0 Å². The van der Waals surface area contributed by atoms with Gasteiger partial charge in [0.1, 0.15) is 0 Å². The summed E-state index contributed by atoms with van der Waals surface area (Å²) in [5.74, 6) is -0.105. The zero-order chi connectivity index (χ0) is 16.1. The van der Waals surface area contributed by atoms with Crippen molar-refractivity contribution < 1.29 is 9.72 Å². The van der Waals surface area contributed by atoms with E-state index in [-0.39, 0.29) is 17.6 Å². The maximum Gasteiger partial charge on any atom is 0.270 e. The highest BCUT2D eigenvalue weighted by molar-refractivity contribution is 5.96. The molecule has 22 heavy (non-hydrogen) atoms. The van der Waals surface area contributed by atoms with Gasteiger partial charge in [-0.05, 0) is 25.3 Å². The molecule has 120 valence electrons. The summed E-state index contributed by atoms with van der Waals surface area (Å²) in [6.07, 6.45) is 8.09. The number of benzene rings is 1. The van der Waals surface area contributed by atoms with Gasteiger partial charge in [0.25, 0.3) is 11.6 Å². The second-order valence-corrected chi connectivity index (χ2v) is 6.17. The molecule has 1 aliphatic carbocycles. The molecule has 1 fully saturated rings. The first kappa shape index (κ1) is 16.5. The smallest absolute Gasteiger partial charge is 0.270 e. The first-order valence-electron chi connectivity index (χ1n) is 8.03. The Balaban J connectivity index is 2.18. The highest BCUT2D eigenvalue weighted by Gasteiger charge is 2.24. The Morgan fingerprint density at radius 3 is 2.36 bits per heavy atom. The lowest BCUT2D eigenvalue weighted by Gasteiger charge is -2.30. The van der Waals surface area contributed by atoms with Crippen molar-refractivity contribution in [1.82, 2.24) is 4.90 Å². The van der Waals surface area contributed by atoms with Gasteiger partial charge >= 0.3 is 0 Å². The molecule has 5 heteroatoms. The molecule has 0 heterocycles. The largest absolute Gasteiger partial charge is 0.339 e. The predicted molar refractivity (Wildman–Crippen MR) is 86.0 cm³/mol. The van der Waals surface area contributed by atoms with E-state index in [4.69, 9.17) is 0 Å². The van der Waals surface area contributed by atoms with E-state index in [1.165, 1.54) is 31.4 Å². The van der Waals surface area contributed by atoms with Gasteiger partial charge in [-0.1, -0.05) is 38.2 Å². The molecule has 0 bridgehead atoms. The van der Waals surface area contributed by atoms with Gasteiger partial charge in [-0.25, -0.2) is 0 Å². The van der Waals surface area contributed by atoms with Crippen molar-refractivity contribution in [2.75, 3.05) is 7.05 Å². The van der Waals surface area contributed by atoms with Crippen LogP contribution in [-0.2, 0) is 0 Å². The van der Waals surface area contributed by atoms with Crippen LogP contribution in [0, 0.1) is 17.0 Å². The van der Waals surface area contributed by atoms with Crippen LogP contribution < -0.4 is 0 Å². The van der Waals surface area contributed by atoms with Crippen LogP contribution in [0.4, 0.5) is 5.69 Å². The minimum absolute atomic E-state index is 0.0278. The summed E-state index contributed by atoms with van der Waals surface area (Å²) >= 11 is 0. The Hall–Kier alpha value is -1.91. The number of nitro groups is 1. The fraction of sp³-hybridized carbons (Fsp3) is 0.588. The topological polar surface area (TPSA) is 63.5 Å². The standard InChI is InChI=1S/C17H24N2O3/c1-13-10-11-15(19(21)22)12-16(13)17(20)18(2)14-8-6-4-3-5-7-9-14/h10-12,14H,3-9H2,1-2H3. The van der Waals surface area contributed by atoms with E-state index < -0.39 is 4.92 Å². The van der Waals surface area contributed by atoms with E-state index in [1.54, 1.807) is 11.0 Å².